The first kappa shape index (κ1) is 16.3. The van der Waals surface area contributed by atoms with Gasteiger partial charge in [0, 0.05) is 26.2 Å². The fraction of sp³-hybridized carbons (Fsp3) is 0.429. The van der Waals surface area contributed by atoms with E-state index in [1.54, 1.807) is 32.3 Å². The van der Waals surface area contributed by atoms with Crippen LogP contribution in [0.4, 0.5) is 5.69 Å². The molecule has 0 saturated heterocycles. The summed E-state index contributed by atoms with van der Waals surface area (Å²) in [4.78, 5) is 24.9. The number of nitrogens with zero attached hydrogens (tertiary/aromatic N) is 2. The lowest BCUT2D eigenvalue weighted by molar-refractivity contribution is -0.127. The minimum absolute atomic E-state index is 0.0710. The number of nitrogens with one attached hydrogen (secondary N) is 1. The smallest absolute Gasteiger partial charge is 0.251 e. The number of carbonyl (C=O) groups excluding carboxylic acids is 2. The molecule has 22 heavy (non-hydrogen) atoms. The third kappa shape index (κ3) is 3.38. The molecule has 0 aromatic heterocycles. The normalized spacial score (nSPS) is 13.7. The molecule has 1 aromatic carbocycles. The molecule has 1 aliphatic heterocycles. The van der Waals surface area contributed by atoms with E-state index in [1.807, 2.05) is 0 Å². The highest BCUT2D eigenvalue weighted by Gasteiger charge is 2.26. The van der Waals surface area contributed by atoms with Gasteiger partial charge in [0.1, 0.15) is 0 Å². The SMILES string of the molecule is CN(C)C(=O)CNC(=O)c1ccc2c(c1)CCN2S(C)(=O)=O. The highest BCUT2D eigenvalue weighted by molar-refractivity contribution is 7.92. The average Bonchev–Trinajstić information content (AvgIpc) is 2.86. The summed E-state index contributed by atoms with van der Waals surface area (Å²) < 4.78 is 24.7. The number of carbonyl (C=O) groups is 2. The fourth-order valence-corrected chi connectivity index (χ4v) is 3.23. The maximum Gasteiger partial charge on any atom is 0.251 e. The van der Waals surface area contributed by atoms with Crippen LogP contribution in [0.15, 0.2) is 18.2 Å². The molecule has 1 aromatic rings. The van der Waals surface area contributed by atoms with Gasteiger partial charge in [-0.05, 0) is 30.2 Å². The summed E-state index contributed by atoms with van der Waals surface area (Å²) in [6.45, 7) is 0.316. The second-order valence-electron chi connectivity index (χ2n) is 5.40. The van der Waals surface area contributed by atoms with Crippen LogP contribution in [0.2, 0.25) is 0 Å². The zero-order valence-electron chi connectivity index (χ0n) is 12.8. The van der Waals surface area contributed by atoms with Crippen molar-refractivity contribution >= 4 is 27.5 Å². The number of anilines is 1. The zero-order chi connectivity index (χ0) is 16.5. The van der Waals surface area contributed by atoms with Gasteiger partial charge >= 0.3 is 0 Å². The molecule has 1 N–H and O–H groups in total. The summed E-state index contributed by atoms with van der Waals surface area (Å²) in [6, 6.07) is 4.87. The third-order valence-corrected chi connectivity index (χ3v) is 4.67. The number of hydrogen-bond acceptors (Lipinski definition) is 4. The minimum atomic E-state index is -3.30. The maximum atomic E-state index is 12.0. The van der Waals surface area contributed by atoms with E-state index < -0.39 is 10.0 Å². The van der Waals surface area contributed by atoms with Crippen molar-refractivity contribution in [2.45, 2.75) is 6.42 Å². The van der Waals surface area contributed by atoms with Gasteiger partial charge in [-0.15, -0.1) is 0 Å². The molecular weight excluding hydrogens is 306 g/mol. The van der Waals surface area contributed by atoms with Crippen molar-refractivity contribution in [2.24, 2.45) is 0 Å². The van der Waals surface area contributed by atoms with Gasteiger partial charge < -0.3 is 10.2 Å². The van der Waals surface area contributed by atoms with Crippen LogP contribution in [0.25, 0.3) is 0 Å². The molecule has 120 valence electrons. The van der Waals surface area contributed by atoms with Crippen LogP contribution >= 0.6 is 0 Å². The summed E-state index contributed by atoms with van der Waals surface area (Å²) >= 11 is 0. The van der Waals surface area contributed by atoms with Gasteiger partial charge in [-0.25, -0.2) is 8.42 Å². The highest BCUT2D eigenvalue weighted by atomic mass is 32.2. The predicted octanol–water partition coefficient (Wildman–Crippen LogP) is -0.173. The van der Waals surface area contributed by atoms with Gasteiger partial charge in [-0.3, -0.25) is 13.9 Å². The Bertz CT molecular complexity index is 713. The maximum absolute atomic E-state index is 12.0. The van der Waals surface area contributed by atoms with Crippen LogP contribution in [-0.4, -0.2) is 58.6 Å². The van der Waals surface area contributed by atoms with E-state index in [2.05, 4.69) is 5.32 Å². The van der Waals surface area contributed by atoms with Crippen molar-refractivity contribution < 1.29 is 18.0 Å². The molecule has 0 aliphatic carbocycles. The van der Waals surface area contributed by atoms with E-state index >= 15 is 0 Å². The van der Waals surface area contributed by atoms with Crippen molar-refractivity contribution in [2.75, 3.05) is 37.7 Å². The summed E-state index contributed by atoms with van der Waals surface area (Å²) in [6.07, 6.45) is 1.73. The second-order valence-corrected chi connectivity index (χ2v) is 7.31. The van der Waals surface area contributed by atoms with E-state index in [4.69, 9.17) is 0 Å². The van der Waals surface area contributed by atoms with E-state index in [0.29, 0.717) is 24.2 Å². The molecular formula is C14H19N3O4S. The van der Waals surface area contributed by atoms with Crippen LogP contribution in [0.3, 0.4) is 0 Å². The Balaban J connectivity index is 2.13. The van der Waals surface area contributed by atoms with E-state index in [1.165, 1.54) is 9.21 Å². The Labute approximate surface area is 129 Å². The second kappa shape index (κ2) is 5.96. The number of rotatable bonds is 4. The molecule has 0 bridgehead atoms. The lowest BCUT2D eigenvalue weighted by Crippen LogP contribution is -2.36. The summed E-state index contributed by atoms with van der Waals surface area (Å²) in [5.74, 6) is -0.548. The Morgan fingerprint density at radius 3 is 2.59 bits per heavy atom. The number of fused-ring (bicyclic) bond motifs is 1. The first-order valence-corrected chi connectivity index (χ1v) is 8.64. The van der Waals surface area contributed by atoms with E-state index in [9.17, 15) is 18.0 Å². The van der Waals surface area contributed by atoms with Crippen molar-refractivity contribution in [3.05, 3.63) is 29.3 Å². The fourth-order valence-electron chi connectivity index (χ4n) is 2.27. The molecule has 8 heteroatoms. The largest absolute Gasteiger partial charge is 0.347 e. The van der Waals surface area contributed by atoms with Gasteiger partial charge in [0.2, 0.25) is 15.9 Å². The summed E-state index contributed by atoms with van der Waals surface area (Å²) in [5.41, 5.74) is 1.85. The highest BCUT2D eigenvalue weighted by Crippen LogP contribution is 2.30. The van der Waals surface area contributed by atoms with Crippen LogP contribution < -0.4 is 9.62 Å². The number of sulfonamides is 1. The van der Waals surface area contributed by atoms with Gasteiger partial charge in [-0.1, -0.05) is 0 Å². The monoisotopic (exact) mass is 325 g/mol. The topological polar surface area (TPSA) is 86.8 Å². The quantitative estimate of drug-likeness (QED) is 0.832. The van der Waals surface area contributed by atoms with Crippen molar-refractivity contribution in [1.29, 1.82) is 0 Å². The molecule has 7 nitrogen and oxygen atoms in total. The number of hydrogen-bond donors (Lipinski definition) is 1. The molecule has 2 amide bonds. The lowest BCUT2D eigenvalue weighted by Gasteiger charge is -2.16. The van der Waals surface area contributed by atoms with Crippen molar-refractivity contribution in [3.8, 4) is 0 Å². The summed E-state index contributed by atoms with van der Waals surface area (Å²) in [7, 11) is -0.0679. The van der Waals surface area contributed by atoms with Gasteiger partial charge in [-0.2, -0.15) is 0 Å². The van der Waals surface area contributed by atoms with Crippen molar-refractivity contribution in [3.63, 3.8) is 0 Å². The molecule has 0 atom stereocenters. The van der Waals surface area contributed by atoms with Crippen LogP contribution in [0, 0.1) is 0 Å². The standard InChI is InChI=1S/C14H19N3O4S/c1-16(2)13(18)9-15-14(19)11-4-5-12-10(8-11)6-7-17(12)22(3,20)21/h4-5,8H,6-7,9H2,1-3H3,(H,15,19). The Morgan fingerprint density at radius 2 is 2.00 bits per heavy atom. The zero-order valence-corrected chi connectivity index (χ0v) is 13.6. The molecule has 1 aliphatic rings. The Hall–Kier alpha value is -2.09. The molecule has 0 unspecified atom stereocenters. The third-order valence-electron chi connectivity index (χ3n) is 3.49. The summed E-state index contributed by atoms with van der Waals surface area (Å²) in [5, 5.41) is 2.55. The van der Waals surface area contributed by atoms with Crippen LogP contribution in [0.1, 0.15) is 15.9 Å². The number of amides is 2. The molecule has 0 radical (unpaired) electrons. The molecule has 0 spiro atoms. The molecule has 1 heterocycles. The van der Waals surface area contributed by atoms with E-state index in [0.717, 1.165) is 11.8 Å². The first-order valence-electron chi connectivity index (χ1n) is 6.79. The number of likely N-dealkylation sites (N-methyl/N-ethyl adjacent to an activating group) is 1. The van der Waals surface area contributed by atoms with Gasteiger partial charge in [0.25, 0.3) is 5.91 Å². The Morgan fingerprint density at radius 1 is 1.32 bits per heavy atom. The van der Waals surface area contributed by atoms with Crippen LogP contribution in [0.5, 0.6) is 0 Å². The lowest BCUT2D eigenvalue weighted by atomic mass is 10.1. The molecule has 2 rings (SSSR count). The van der Waals surface area contributed by atoms with Gasteiger partial charge in [0.05, 0.1) is 18.5 Å². The Kier molecular flexibility index (Phi) is 4.41. The van der Waals surface area contributed by atoms with E-state index in [-0.39, 0.29) is 18.4 Å². The van der Waals surface area contributed by atoms with Crippen molar-refractivity contribution in [1.82, 2.24) is 10.2 Å². The minimum Gasteiger partial charge on any atom is -0.347 e. The molecule has 0 fully saturated rings. The van der Waals surface area contributed by atoms with Crippen LogP contribution in [-0.2, 0) is 21.2 Å². The first-order chi connectivity index (χ1) is 10.2. The van der Waals surface area contributed by atoms with Gasteiger partial charge in [0.15, 0.2) is 0 Å². The predicted molar refractivity (Wildman–Crippen MR) is 83.4 cm³/mol. The average molecular weight is 325 g/mol. The molecule has 0 saturated carbocycles. The number of benzene rings is 1.